The van der Waals surface area contributed by atoms with Crippen LogP contribution in [0.5, 0.6) is 11.5 Å². The van der Waals surface area contributed by atoms with Gasteiger partial charge in [-0.05, 0) is 66.9 Å². The Morgan fingerprint density at radius 2 is 1.73 bits per heavy atom. The number of sulfonamides is 1. The Labute approximate surface area is 262 Å². The van der Waals surface area contributed by atoms with Crippen molar-refractivity contribution >= 4 is 44.8 Å². The van der Waals surface area contributed by atoms with Crippen molar-refractivity contribution in [2.75, 3.05) is 29.4 Å². The van der Waals surface area contributed by atoms with Crippen LogP contribution in [-0.4, -0.2) is 46.5 Å². The number of carbonyl (C=O) groups excluding carboxylic acids is 2. The molecular formula is C33H32ClN3O6S. The summed E-state index contributed by atoms with van der Waals surface area (Å²) < 4.78 is 40.9. The van der Waals surface area contributed by atoms with Gasteiger partial charge in [-0.3, -0.25) is 13.9 Å². The summed E-state index contributed by atoms with van der Waals surface area (Å²) in [7, 11) is -2.95. The molecule has 2 amide bonds. The third-order valence-corrected chi connectivity index (χ3v) is 9.49. The van der Waals surface area contributed by atoms with Crippen LogP contribution in [0.1, 0.15) is 16.7 Å². The number of para-hydroxylation sites is 2. The maximum atomic E-state index is 14.3. The second kappa shape index (κ2) is 13.0. The summed E-state index contributed by atoms with van der Waals surface area (Å²) in [4.78, 5) is 28.6. The molecule has 11 heteroatoms. The van der Waals surface area contributed by atoms with Crippen LogP contribution < -0.4 is 24.0 Å². The number of carbonyl (C=O) groups is 2. The fraction of sp³-hybridized carbons (Fsp3) is 0.212. The highest BCUT2D eigenvalue weighted by atomic mass is 35.5. The smallest absolute Gasteiger partial charge is 0.268 e. The number of benzene rings is 4. The van der Waals surface area contributed by atoms with Crippen molar-refractivity contribution in [3.63, 3.8) is 0 Å². The minimum Gasteiger partial charge on any atom is -0.495 e. The number of fused-ring (bicyclic) bond motifs is 1. The zero-order valence-corrected chi connectivity index (χ0v) is 26.1. The molecule has 0 aliphatic carbocycles. The van der Waals surface area contributed by atoms with E-state index in [0.29, 0.717) is 22.0 Å². The molecule has 0 bridgehead atoms. The molecule has 1 aliphatic heterocycles. The van der Waals surface area contributed by atoms with Crippen LogP contribution in [0.2, 0.25) is 5.02 Å². The molecule has 228 valence electrons. The zero-order chi connectivity index (χ0) is 31.4. The number of methoxy groups -OCH3 is 1. The predicted octanol–water partition coefficient (Wildman–Crippen LogP) is 5.27. The molecule has 1 unspecified atom stereocenters. The average Bonchev–Trinajstić information content (AvgIpc) is 3.03. The highest BCUT2D eigenvalue weighted by Gasteiger charge is 2.37. The Balaban J connectivity index is 1.48. The van der Waals surface area contributed by atoms with E-state index in [-0.39, 0.29) is 29.4 Å². The third kappa shape index (κ3) is 6.51. The van der Waals surface area contributed by atoms with Crippen LogP contribution in [-0.2, 0) is 26.2 Å². The Kier molecular flexibility index (Phi) is 9.12. The van der Waals surface area contributed by atoms with Crippen LogP contribution in [0.25, 0.3) is 0 Å². The van der Waals surface area contributed by atoms with Crippen LogP contribution in [0.15, 0.2) is 95.9 Å². The van der Waals surface area contributed by atoms with Gasteiger partial charge in [0, 0.05) is 11.6 Å². The number of amides is 2. The topological polar surface area (TPSA) is 105 Å². The lowest BCUT2D eigenvalue weighted by atomic mass is 10.1. The van der Waals surface area contributed by atoms with Gasteiger partial charge in [0.1, 0.15) is 22.9 Å². The number of nitrogens with one attached hydrogen (secondary N) is 1. The second-order valence-corrected chi connectivity index (χ2v) is 12.6. The van der Waals surface area contributed by atoms with Crippen LogP contribution in [0.3, 0.4) is 0 Å². The fourth-order valence-electron chi connectivity index (χ4n) is 4.87. The molecule has 9 nitrogen and oxygen atoms in total. The average molecular weight is 634 g/mol. The van der Waals surface area contributed by atoms with E-state index < -0.39 is 34.5 Å². The number of nitrogens with zero attached hydrogens (tertiary/aromatic N) is 2. The molecular weight excluding hydrogens is 602 g/mol. The Bertz CT molecular complexity index is 1800. The number of hydrogen-bond acceptors (Lipinski definition) is 6. The van der Waals surface area contributed by atoms with Crippen LogP contribution >= 0.6 is 11.6 Å². The molecule has 5 rings (SSSR count). The van der Waals surface area contributed by atoms with Crippen molar-refractivity contribution in [3.8, 4) is 11.5 Å². The van der Waals surface area contributed by atoms with Crippen LogP contribution in [0.4, 0.5) is 11.4 Å². The highest BCUT2D eigenvalue weighted by Crippen LogP contribution is 2.36. The van der Waals surface area contributed by atoms with Gasteiger partial charge in [0.25, 0.3) is 15.9 Å². The Morgan fingerprint density at radius 3 is 2.45 bits per heavy atom. The van der Waals surface area contributed by atoms with E-state index >= 15 is 0 Å². The minimum atomic E-state index is -4.34. The van der Waals surface area contributed by atoms with Gasteiger partial charge in [-0.1, -0.05) is 66.2 Å². The maximum absolute atomic E-state index is 14.3. The monoisotopic (exact) mass is 633 g/mol. The lowest BCUT2D eigenvalue weighted by Crippen LogP contribution is -2.53. The van der Waals surface area contributed by atoms with E-state index in [9.17, 15) is 18.0 Å². The van der Waals surface area contributed by atoms with Gasteiger partial charge in [-0.15, -0.1) is 0 Å². The quantitative estimate of drug-likeness (QED) is 0.269. The molecule has 4 aromatic carbocycles. The van der Waals surface area contributed by atoms with Gasteiger partial charge >= 0.3 is 0 Å². The van der Waals surface area contributed by atoms with Gasteiger partial charge in [0.2, 0.25) is 5.91 Å². The first-order valence-electron chi connectivity index (χ1n) is 13.9. The predicted molar refractivity (Wildman–Crippen MR) is 170 cm³/mol. The number of ether oxygens (including phenoxy) is 2. The third-order valence-electron chi connectivity index (χ3n) is 7.29. The number of rotatable bonds is 9. The molecule has 4 aromatic rings. The maximum Gasteiger partial charge on any atom is 0.268 e. The van der Waals surface area contributed by atoms with E-state index in [0.717, 1.165) is 15.4 Å². The summed E-state index contributed by atoms with van der Waals surface area (Å²) in [5, 5.41) is 3.21. The summed E-state index contributed by atoms with van der Waals surface area (Å²) in [6.07, 6.45) is -1.02. The largest absolute Gasteiger partial charge is 0.495 e. The van der Waals surface area contributed by atoms with E-state index in [1.54, 1.807) is 62.4 Å². The molecule has 1 atom stereocenters. The molecule has 1 aliphatic rings. The molecule has 0 radical (unpaired) electrons. The normalized spacial score (nSPS) is 14.3. The molecule has 1 N–H and O–H groups in total. The first kappa shape index (κ1) is 30.9. The van der Waals surface area contributed by atoms with Gasteiger partial charge in [-0.2, -0.15) is 0 Å². The summed E-state index contributed by atoms with van der Waals surface area (Å²) >= 11 is 6.42. The molecule has 0 saturated carbocycles. The van der Waals surface area contributed by atoms with E-state index in [2.05, 4.69) is 5.32 Å². The second-order valence-electron chi connectivity index (χ2n) is 10.4. The van der Waals surface area contributed by atoms with Crippen molar-refractivity contribution in [1.29, 1.82) is 0 Å². The number of halogens is 1. The summed E-state index contributed by atoms with van der Waals surface area (Å²) in [6, 6.07) is 25.9. The molecule has 0 aromatic heterocycles. The van der Waals surface area contributed by atoms with Gasteiger partial charge < -0.3 is 19.7 Å². The minimum absolute atomic E-state index is 0.0926. The van der Waals surface area contributed by atoms with Gasteiger partial charge in [0.05, 0.1) is 25.0 Å². The SMILES string of the molecule is COc1ccc(C)cc1S(=O)(=O)N(CC(=O)N1CC(C(=O)NCc2ccccc2)Oc2ccccc21)c1ccc(C)c(Cl)c1. The van der Waals surface area contributed by atoms with Crippen molar-refractivity contribution in [2.24, 2.45) is 0 Å². The number of hydrogen-bond donors (Lipinski definition) is 1. The van der Waals surface area contributed by atoms with Gasteiger partial charge in [-0.25, -0.2) is 8.42 Å². The summed E-state index contributed by atoms with van der Waals surface area (Å²) in [5.41, 5.74) is 2.99. The van der Waals surface area contributed by atoms with E-state index in [1.165, 1.54) is 24.1 Å². The Hall–Kier alpha value is -4.54. The molecule has 44 heavy (non-hydrogen) atoms. The number of aryl methyl sites for hydroxylation is 2. The summed E-state index contributed by atoms with van der Waals surface area (Å²) in [5.74, 6) is -0.493. The van der Waals surface area contributed by atoms with Crippen molar-refractivity contribution < 1.29 is 27.5 Å². The van der Waals surface area contributed by atoms with Crippen molar-refractivity contribution in [3.05, 3.63) is 113 Å². The highest BCUT2D eigenvalue weighted by molar-refractivity contribution is 7.93. The van der Waals surface area contributed by atoms with Crippen molar-refractivity contribution in [2.45, 2.75) is 31.4 Å². The van der Waals surface area contributed by atoms with Crippen LogP contribution in [0, 0.1) is 13.8 Å². The molecule has 0 spiro atoms. The van der Waals surface area contributed by atoms with E-state index in [4.69, 9.17) is 21.1 Å². The summed E-state index contributed by atoms with van der Waals surface area (Å²) in [6.45, 7) is 3.16. The lowest BCUT2D eigenvalue weighted by Gasteiger charge is -2.35. The first-order valence-corrected chi connectivity index (χ1v) is 15.7. The zero-order valence-electron chi connectivity index (χ0n) is 24.5. The van der Waals surface area contributed by atoms with Gasteiger partial charge in [0.15, 0.2) is 6.10 Å². The lowest BCUT2D eigenvalue weighted by molar-refractivity contribution is -0.128. The standard InChI is InChI=1S/C33H32ClN3O6S/c1-22-13-16-29(42-3)31(17-22)44(40,41)37(25-15-14-23(2)26(34)18-25)21-32(38)36-20-30(43-28-12-8-7-11-27(28)36)33(39)35-19-24-9-5-4-6-10-24/h4-18,30H,19-21H2,1-3H3,(H,35,39). The first-order chi connectivity index (χ1) is 21.1. The molecule has 0 fully saturated rings. The van der Waals surface area contributed by atoms with Crippen molar-refractivity contribution in [1.82, 2.24) is 5.32 Å². The number of anilines is 2. The van der Waals surface area contributed by atoms with E-state index in [1.807, 2.05) is 30.3 Å². The molecule has 0 saturated heterocycles. The fourth-order valence-corrected chi connectivity index (χ4v) is 6.69. The molecule has 1 heterocycles. The Morgan fingerprint density at radius 1 is 1.00 bits per heavy atom.